The van der Waals surface area contributed by atoms with E-state index in [0.717, 1.165) is 0 Å². The number of rotatable bonds is 4. The summed E-state index contributed by atoms with van der Waals surface area (Å²) in [5, 5.41) is 10.2. The lowest BCUT2D eigenvalue weighted by Gasteiger charge is -2.35. The van der Waals surface area contributed by atoms with Gasteiger partial charge in [0.2, 0.25) is 0 Å². The summed E-state index contributed by atoms with van der Waals surface area (Å²) < 4.78 is 23.9. The molecule has 110 valence electrons. The number of carboxylic acid groups (broad SMARTS) is 1. The van der Waals surface area contributed by atoms with Gasteiger partial charge in [0.1, 0.15) is 11.4 Å². The Balaban J connectivity index is 2.83. The maximum atomic E-state index is 12.0. The summed E-state index contributed by atoms with van der Waals surface area (Å²) in [4.78, 5) is 23.9. The molecule has 0 aliphatic carbocycles. The number of nitrogens with zero attached hydrogens (tertiary/aromatic N) is 1. The van der Waals surface area contributed by atoms with Crippen LogP contribution in [0.25, 0.3) is 0 Å². The molecule has 0 bridgehead atoms. The molecule has 0 aromatic heterocycles. The average Bonchev–Trinajstić information content (AvgIpc) is 2.38. The van der Waals surface area contributed by atoms with Gasteiger partial charge in [-0.3, -0.25) is 4.79 Å². The minimum atomic E-state index is -3.37. The summed E-state index contributed by atoms with van der Waals surface area (Å²) in [7, 11) is -3.37. The lowest BCUT2D eigenvalue weighted by molar-refractivity contribution is -0.138. The van der Waals surface area contributed by atoms with Crippen LogP contribution in [0.5, 0.6) is 0 Å². The number of hydrogen-bond acceptors (Lipinski definition) is 5. The van der Waals surface area contributed by atoms with Gasteiger partial charge in [0.15, 0.2) is 9.84 Å². The molecule has 1 heterocycles. The van der Waals surface area contributed by atoms with E-state index >= 15 is 0 Å². The van der Waals surface area contributed by atoms with Crippen LogP contribution >= 0.6 is 11.8 Å². The van der Waals surface area contributed by atoms with Crippen molar-refractivity contribution < 1.29 is 23.1 Å². The zero-order chi connectivity index (χ0) is 14.6. The number of aliphatic carboxylic acids is 1. The van der Waals surface area contributed by atoms with E-state index in [1.807, 2.05) is 0 Å². The molecule has 19 heavy (non-hydrogen) atoms. The zero-order valence-electron chi connectivity index (χ0n) is 10.8. The number of nitrogens with one attached hydrogen (secondary N) is 1. The Bertz CT molecular complexity index is 451. The molecule has 2 atom stereocenters. The second-order valence-electron chi connectivity index (χ2n) is 4.18. The van der Waals surface area contributed by atoms with Crippen LogP contribution < -0.4 is 5.32 Å². The van der Waals surface area contributed by atoms with Gasteiger partial charge in [-0.25, -0.2) is 13.2 Å². The number of hydrogen-bond donors (Lipinski definition) is 2. The number of carbonyl (C=O) groups is 2. The molecule has 9 heteroatoms. The number of carbonyl (C=O) groups excluding carboxylic acids is 1. The third kappa shape index (κ3) is 4.00. The normalized spacial score (nSPS) is 21.8. The van der Waals surface area contributed by atoms with Crippen molar-refractivity contribution in [3.05, 3.63) is 0 Å². The van der Waals surface area contributed by atoms with Gasteiger partial charge in [0.05, 0.1) is 0 Å². The van der Waals surface area contributed by atoms with Crippen molar-refractivity contribution in [2.24, 2.45) is 0 Å². The molecule has 1 rings (SSSR count). The Labute approximate surface area is 116 Å². The average molecular weight is 310 g/mol. The van der Waals surface area contributed by atoms with Crippen LogP contribution in [0.15, 0.2) is 0 Å². The van der Waals surface area contributed by atoms with Gasteiger partial charge in [0.25, 0.3) is 0 Å². The molecule has 7 nitrogen and oxygen atoms in total. The van der Waals surface area contributed by atoms with E-state index in [1.165, 1.54) is 30.5 Å². The first-order valence-electron chi connectivity index (χ1n) is 5.89. The van der Waals surface area contributed by atoms with E-state index in [2.05, 4.69) is 5.32 Å². The van der Waals surface area contributed by atoms with E-state index in [-0.39, 0.29) is 5.75 Å². The van der Waals surface area contributed by atoms with Crippen molar-refractivity contribution in [2.45, 2.75) is 25.3 Å². The van der Waals surface area contributed by atoms with Crippen LogP contribution in [0.2, 0.25) is 0 Å². The lowest BCUT2D eigenvalue weighted by Crippen LogP contribution is -2.56. The number of urea groups is 1. The summed E-state index contributed by atoms with van der Waals surface area (Å²) in [6.45, 7) is 3.17. The predicted octanol–water partition coefficient (Wildman–Crippen LogP) is -0.0213. The van der Waals surface area contributed by atoms with Crippen molar-refractivity contribution in [1.29, 1.82) is 0 Å². The van der Waals surface area contributed by atoms with Crippen molar-refractivity contribution in [2.75, 3.05) is 23.8 Å². The van der Waals surface area contributed by atoms with Crippen LogP contribution in [0, 0.1) is 0 Å². The Kier molecular flexibility index (Phi) is 5.48. The van der Waals surface area contributed by atoms with Gasteiger partial charge in [-0.2, -0.15) is 11.8 Å². The van der Waals surface area contributed by atoms with Crippen molar-refractivity contribution in [3.8, 4) is 0 Å². The van der Waals surface area contributed by atoms with Crippen molar-refractivity contribution >= 4 is 33.6 Å². The molecular formula is C10H18N2O5S2. The van der Waals surface area contributed by atoms with Crippen LogP contribution in [-0.4, -0.2) is 65.6 Å². The van der Waals surface area contributed by atoms with Gasteiger partial charge in [-0.15, -0.1) is 0 Å². The van der Waals surface area contributed by atoms with Gasteiger partial charge in [0, 0.05) is 23.8 Å². The standard InChI is InChI=1S/C10H18N2O5S2/c1-3-19(16,17)8-6-18-5-4-12(8)10(15)11-7(2)9(13)14/h7-8H,3-6H2,1-2H3,(H,11,15)(H,13,14)/t7-,8?/m1/s1. The van der Waals surface area contributed by atoms with Crippen LogP contribution in [0.3, 0.4) is 0 Å². The monoisotopic (exact) mass is 310 g/mol. The minimum absolute atomic E-state index is 0.0451. The maximum Gasteiger partial charge on any atom is 0.325 e. The molecule has 1 aliphatic rings. The highest BCUT2D eigenvalue weighted by Crippen LogP contribution is 2.21. The molecule has 2 N–H and O–H groups in total. The van der Waals surface area contributed by atoms with Crippen LogP contribution in [0.4, 0.5) is 4.79 Å². The first-order chi connectivity index (χ1) is 8.79. The van der Waals surface area contributed by atoms with Gasteiger partial charge >= 0.3 is 12.0 Å². The summed E-state index contributed by atoms with van der Waals surface area (Å²) in [5.74, 6) is -0.235. The fourth-order valence-electron chi connectivity index (χ4n) is 1.63. The lowest BCUT2D eigenvalue weighted by atomic mass is 10.3. The second kappa shape index (κ2) is 6.47. The Morgan fingerprint density at radius 2 is 2.16 bits per heavy atom. The molecule has 0 spiro atoms. The van der Waals surface area contributed by atoms with Crippen molar-refractivity contribution in [3.63, 3.8) is 0 Å². The van der Waals surface area contributed by atoms with E-state index in [4.69, 9.17) is 5.11 Å². The quantitative estimate of drug-likeness (QED) is 0.756. The molecule has 1 unspecified atom stereocenters. The molecular weight excluding hydrogens is 292 g/mol. The zero-order valence-corrected chi connectivity index (χ0v) is 12.5. The van der Waals surface area contributed by atoms with Crippen molar-refractivity contribution in [1.82, 2.24) is 10.2 Å². The van der Waals surface area contributed by atoms with Crippen LogP contribution in [0.1, 0.15) is 13.8 Å². The molecule has 0 radical (unpaired) electrons. The highest BCUT2D eigenvalue weighted by molar-refractivity contribution is 8.01. The number of sulfone groups is 1. The molecule has 1 saturated heterocycles. The fraction of sp³-hybridized carbons (Fsp3) is 0.800. The first kappa shape index (κ1) is 16.1. The van der Waals surface area contributed by atoms with Gasteiger partial charge < -0.3 is 15.3 Å². The van der Waals surface area contributed by atoms with Gasteiger partial charge in [-0.05, 0) is 6.92 Å². The minimum Gasteiger partial charge on any atom is -0.480 e. The van der Waals surface area contributed by atoms with Crippen LogP contribution in [-0.2, 0) is 14.6 Å². The van der Waals surface area contributed by atoms with Gasteiger partial charge in [-0.1, -0.05) is 6.92 Å². The molecule has 1 fully saturated rings. The number of thioether (sulfide) groups is 1. The molecule has 0 aromatic carbocycles. The molecule has 2 amide bonds. The molecule has 0 saturated carbocycles. The topological polar surface area (TPSA) is 104 Å². The third-order valence-corrected chi connectivity index (χ3v) is 6.16. The second-order valence-corrected chi connectivity index (χ2v) is 7.78. The molecule has 0 aromatic rings. The summed E-state index contributed by atoms with van der Waals surface area (Å²) in [6, 6.07) is -1.69. The maximum absolute atomic E-state index is 12.0. The number of amides is 2. The predicted molar refractivity (Wildman–Crippen MR) is 72.9 cm³/mol. The summed E-state index contributed by atoms with van der Waals surface area (Å²) in [6.07, 6.45) is 0. The third-order valence-electron chi connectivity index (χ3n) is 2.87. The highest BCUT2D eigenvalue weighted by atomic mass is 32.2. The number of carboxylic acids is 1. The van der Waals surface area contributed by atoms with E-state index in [1.54, 1.807) is 0 Å². The smallest absolute Gasteiger partial charge is 0.325 e. The Morgan fingerprint density at radius 3 is 2.68 bits per heavy atom. The molecule has 1 aliphatic heterocycles. The Morgan fingerprint density at radius 1 is 1.53 bits per heavy atom. The largest absolute Gasteiger partial charge is 0.480 e. The van der Waals surface area contributed by atoms with E-state index in [9.17, 15) is 18.0 Å². The summed E-state index contributed by atoms with van der Waals surface area (Å²) >= 11 is 1.47. The highest BCUT2D eigenvalue weighted by Gasteiger charge is 2.36. The summed E-state index contributed by atoms with van der Waals surface area (Å²) in [5.41, 5.74) is 0. The fourth-order valence-corrected chi connectivity index (χ4v) is 4.60. The Hall–Kier alpha value is -0.960. The SMILES string of the molecule is CCS(=O)(=O)C1CSCCN1C(=O)N[C@H](C)C(=O)O. The van der Waals surface area contributed by atoms with E-state index < -0.39 is 33.3 Å². The van der Waals surface area contributed by atoms with E-state index in [0.29, 0.717) is 18.1 Å². The first-order valence-corrected chi connectivity index (χ1v) is 8.76.